The maximum Gasteiger partial charge on any atom is 0.274 e. The van der Waals surface area contributed by atoms with Crippen molar-refractivity contribution in [2.24, 2.45) is 7.05 Å². The molecule has 1 saturated heterocycles. The van der Waals surface area contributed by atoms with Crippen LogP contribution in [-0.2, 0) is 13.6 Å². The lowest BCUT2D eigenvalue weighted by molar-refractivity contribution is 0.0620. The van der Waals surface area contributed by atoms with Crippen molar-refractivity contribution >= 4 is 17.2 Å². The molecule has 0 atom stereocenters. The minimum absolute atomic E-state index is 0.159. The fraction of sp³-hybridized carbons (Fsp3) is 0.300. The minimum atomic E-state index is -0.260. The van der Waals surface area contributed by atoms with Gasteiger partial charge in [-0.15, -0.1) is 11.3 Å². The van der Waals surface area contributed by atoms with E-state index >= 15 is 0 Å². The number of aromatic nitrogens is 3. The second-order valence-electron chi connectivity index (χ2n) is 6.88. The number of carbonyl (C=O) groups excluding carboxylic acids is 1. The highest BCUT2D eigenvalue weighted by atomic mass is 32.1. The lowest BCUT2D eigenvalue weighted by atomic mass is 10.2. The Morgan fingerprint density at radius 1 is 1.10 bits per heavy atom. The van der Waals surface area contributed by atoms with E-state index in [9.17, 15) is 14.0 Å². The molecule has 0 unspecified atom stereocenters. The number of halogens is 1. The Balaban J connectivity index is 1.34. The van der Waals surface area contributed by atoms with Crippen molar-refractivity contribution in [3.05, 3.63) is 68.7 Å². The van der Waals surface area contributed by atoms with Crippen LogP contribution in [0, 0.1) is 5.82 Å². The highest BCUT2D eigenvalue weighted by Gasteiger charge is 2.24. The molecule has 0 spiro atoms. The van der Waals surface area contributed by atoms with Crippen LogP contribution in [0.5, 0.6) is 0 Å². The zero-order valence-corrected chi connectivity index (χ0v) is 16.7. The summed E-state index contributed by atoms with van der Waals surface area (Å²) >= 11 is 1.58. The molecule has 1 fully saturated rings. The molecule has 1 amide bonds. The van der Waals surface area contributed by atoms with Crippen LogP contribution in [0.25, 0.3) is 11.3 Å². The number of rotatable bonds is 4. The molecule has 4 rings (SSSR count). The number of thiazole rings is 1. The molecule has 2 aromatic heterocycles. The molecule has 0 N–H and O–H groups in total. The fourth-order valence-corrected chi connectivity index (χ4v) is 4.06. The molecule has 9 heteroatoms. The summed E-state index contributed by atoms with van der Waals surface area (Å²) in [5.41, 5.74) is 1.79. The van der Waals surface area contributed by atoms with E-state index in [1.807, 2.05) is 5.38 Å². The molecule has 7 nitrogen and oxygen atoms in total. The van der Waals surface area contributed by atoms with Crippen molar-refractivity contribution in [3.63, 3.8) is 0 Å². The number of hydrogen-bond acceptors (Lipinski definition) is 6. The Labute approximate surface area is 171 Å². The van der Waals surface area contributed by atoms with Gasteiger partial charge < -0.3 is 4.90 Å². The van der Waals surface area contributed by atoms with Crippen molar-refractivity contribution in [3.8, 4) is 11.3 Å². The average molecular weight is 413 g/mol. The van der Waals surface area contributed by atoms with Gasteiger partial charge in [-0.25, -0.2) is 14.1 Å². The van der Waals surface area contributed by atoms with Gasteiger partial charge >= 0.3 is 0 Å². The van der Waals surface area contributed by atoms with Gasteiger partial charge in [0.2, 0.25) is 0 Å². The van der Waals surface area contributed by atoms with Crippen molar-refractivity contribution < 1.29 is 9.18 Å². The second kappa shape index (κ2) is 8.22. The van der Waals surface area contributed by atoms with Gasteiger partial charge in [-0.1, -0.05) is 0 Å². The standard InChI is InChI=1S/C20H20FN5O2S/c1-24-19(27)7-6-16(23-24)20(28)26-10-8-25(9-11-26)12-18-22-17(13-29-18)14-2-4-15(21)5-3-14/h2-7,13H,8-12H2,1H3. The Hall–Kier alpha value is -2.91. The smallest absolute Gasteiger partial charge is 0.274 e. The predicted molar refractivity (Wildman–Crippen MR) is 108 cm³/mol. The lowest BCUT2D eigenvalue weighted by Gasteiger charge is -2.34. The van der Waals surface area contributed by atoms with Gasteiger partial charge in [0.1, 0.15) is 16.5 Å². The number of piperazine rings is 1. The SMILES string of the molecule is Cn1nc(C(=O)N2CCN(Cc3nc(-c4ccc(F)cc4)cs3)CC2)ccc1=O. The molecular weight excluding hydrogens is 393 g/mol. The van der Waals surface area contributed by atoms with E-state index in [-0.39, 0.29) is 23.0 Å². The van der Waals surface area contributed by atoms with Crippen LogP contribution in [0.2, 0.25) is 0 Å². The van der Waals surface area contributed by atoms with E-state index in [1.54, 1.807) is 28.4 Å². The molecule has 3 heterocycles. The van der Waals surface area contributed by atoms with Crippen LogP contribution in [0.3, 0.4) is 0 Å². The second-order valence-corrected chi connectivity index (χ2v) is 7.82. The predicted octanol–water partition coefficient (Wildman–Crippen LogP) is 2.00. The molecular formula is C20H20FN5O2S. The molecule has 29 heavy (non-hydrogen) atoms. The van der Waals surface area contributed by atoms with Crippen molar-refractivity contribution in [1.29, 1.82) is 0 Å². The summed E-state index contributed by atoms with van der Waals surface area (Å²) in [5.74, 6) is -0.419. The van der Waals surface area contributed by atoms with Crippen molar-refractivity contribution in [2.75, 3.05) is 26.2 Å². The summed E-state index contributed by atoms with van der Waals surface area (Å²) in [5, 5.41) is 7.01. The zero-order valence-electron chi connectivity index (χ0n) is 15.9. The Morgan fingerprint density at radius 2 is 1.83 bits per heavy atom. The highest BCUT2D eigenvalue weighted by Crippen LogP contribution is 2.23. The third-order valence-electron chi connectivity index (χ3n) is 4.89. The first-order valence-electron chi connectivity index (χ1n) is 9.26. The quantitative estimate of drug-likeness (QED) is 0.654. The normalized spacial score (nSPS) is 14.9. The average Bonchev–Trinajstić information content (AvgIpc) is 3.19. The number of aryl methyl sites for hydroxylation is 1. The van der Waals surface area contributed by atoms with Crippen molar-refractivity contribution in [2.45, 2.75) is 6.54 Å². The van der Waals surface area contributed by atoms with Crippen LogP contribution in [0.1, 0.15) is 15.5 Å². The van der Waals surface area contributed by atoms with Gasteiger partial charge in [0.15, 0.2) is 0 Å². The van der Waals surface area contributed by atoms with E-state index in [1.165, 1.54) is 36.0 Å². The van der Waals surface area contributed by atoms with Crippen LogP contribution in [0.4, 0.5) is 4.39 Å². The largest absolute Gasteiger partial charge is 0.335 e. The van der Waals surface area contributed by atoms with E-state index in [4.69, 9.17) is 0 Å². The third kappa shape index (κ3) is 4.41. The first-order chi connectivity index (χ1) is 14.0. The first kappa shape index (κ1) is 19.4. The number of carbonyl (C=O) groups is 1. The molecule has 1 aliphatic heterocycles. The number of amides is 1. The summed E-state index contributed by atoms with van der Waals surface area (Å²) in [7, 11) is 1.53. The zero-order chi connectivity index (χ0) is 20.4. The first-order valence-corrected chi connectivity index (χ1v) is 10.1. The van der Waals surface area contributed by atoms with E-state index in [0.717, 1.165) is 29.4 Å². The maximum atomic E-state index is 13.1. The molecule has 1 aromatic carbocycles. The third-order valence-corrected chi connectivity index (χ3v) is 5.72. The van der Waals surface area contributed by atoms with E-state index in [0.29, 0.717) is 19.6 Å². The van der Waals surface area contributed by atoms with Gasteiger partial charge in [0, 0.05) is 50.2 Å². The molecule has 150 valence electrons. The lowest BCUT2D eigenvalue weighted by Crippen LogP contribution is -2.48. The maximum absolute atomic E-state index is 13.1. The summed E-state index contributed by atoms with van der Waals surface area (Å²) in [6, 6.07) is 9.16. The molecule has 3 aromatic rings. The van der Waals surface area contributed by atoms with Crippen LogP contribution in [-0.4, -0.2) is 56.7 Å². The minimum Gasteiger partial charge on any atom is -0.335 e. The van der Waals surface area contributed by atoms with E-state index in [2.05, 4.69) is 15.0 Å². The Morgan fingerprint density at radius 3 is 2.52 bits per heavy atom. The van der Waals surface area contributed by atoms with Gasteiger partial charge in [0.05, 0.1) is 12.2 Å². The van der Waals surface area contributed by atoms with E-state index < -0.39 is 0 Å². The molecule has 0 radical (unpaired) electrons. The van der Waals surface area contributed by atoms with Gasteiger partial charge in [-0.3, -0.25) is 14.5 Å². The Bertz CT molecular complexity index is 1070. The monoisotopic (exact) mass is 413 g/mol. The summed E-state index contributed by atoms with van der Waals surface area (Å²) in [6.45, 7) is 3.39. The molecule has 0 aliphatic carbocycles. The molecule has 0 saturated carbocycles. The molecule has 0 bridgehead atoms. The summed E-state index contributed by atoms with van der Waals surface area (Å²) < 4.78 is 14.3. The molecule has 1 aliphatic rings. The highest BCUT2D eigenvalue weighted by molar-refractivity contribution is 7.09. The summed E-state index contributed by atoms with van der Waals surface area (Å²) in [4.78, 5) is 32.7. The number of hydrogen-bond donors (Lipinski definition) is 0. The van der Waals surface area contributed by atoms with Gasteiger partial charge in [-0.2, -0.15) is 5.10 Å². The van der Waals surface area contributed by atoms with Crippen LogP contribution in [0.15, 0.2) is 46.6 Å². The fourth-order valence-electron chi connectivity index (χ4n) is 3.22. The number of benzene rings is 1. The summed E-state index contributed by atoms with van der Waals surface area (Å²) in [6.07, 6.45) is 0. The van der Waals surface area contributed by atoms with Gasteiger partial charge in [-0.05, 0) is 30.3 Å². The Kier molecular flexibility index (Phi) is 5.50. The van der Waals surface area contributed by atoms with Gasteiger partial charge in [0.25, 0.3) is 11.5 Å². The number of nitrogens with zero attached hydrogens (tertiary/aromatic N) is 5. The topological polar surface area (TPSA) is 71.3 Å². The van der Waals surface area contributed by atoms with Crippen molar-refractivity contribution in [1.82, 2.24) is 24.6 Å². The van der Waals surface area contributed by atoms with Crippen LogP contribution >= 0.6 is 11.3 Å². The van der Waals surface area contributed by atoms with Crippen LogP contribution < -0.4 is 5.56 Å².